The number of halogens is 1. The largest absolute Gasteiger partial charge is 0.352 e. The Hall–Kier alpha value is -0.580. The summed E-state index contributed by atoms with van der Waals surface area (Å²) in [6.07, 6.45) is 0. The molecule has 0 saturated carbocycles. The van der Waals surface area contributed by atoms with E-state index in [1.54, 1.807) is 0 Å². The van der Waals surface area contributed by atoms with Gasteiger partial charge < -0.3 is 5.32 Å². The van der Waals surface area contributed by atoms with Crippen molar-refractivity contribution in [1.29, 1.82) is 0 Å². The van der Waals surface area contributed by atoms with E-state index in [1.165, 1.54) is 0 Å². The van der Waals surface area contributed by atoms with Crippen LogP contribution in [-0.2, 0) is 0 Å². The second kappa shape index (κ2) is 6.23. The van der Waals surface area contributed by atoms with E-state index in [2.05, 4.69) is 48.7 Å². The smallest absolute Gasteiger partial charge is 0.251 e. The van der Waals surface area contributed by atoms with Crippen LogP contribution in [0.5, 0.6) is 0 Å². The number of carbonyl (C=O) groups is 1. The number of hydrogen-bond donors (Lipinski definition) is 1. The number of carbonyl (C=O) groups excluding carboxylic acids is 1. The number of nitrogens with one attached hydrogen (secondary N) is 1. The van der Waals surface area contributed by atoms with Gasteiger partial charge in [0.25, 0.3) is 5.91 Å². The molecule has 1 amide bonds. The first-order valence-electron chi connectivity index (χ1n) is 5.54. The Bertz CT molecular complexity index is 363. The Morgan fingerprint density at radius 2 is 2.06 bits per heavy atom. The molecule has 0 spiro atoms. The number of hydrogen-bond acceptors (Lipinski definition) is 1. The van der Waals surface area contributed by atoms with Crippen molar-refractivity contribution in [3.8, 4) is 0 Å². The van der Waals surface area contributed by atoms with Gasteiger partial charge in [-0.3, -0.25) is 4.79 Å². The second-order valence-electron chi connectivity index (χ2n) is 4.44. The van der Waals surface area contributed by atoms with E-state index in [1.807, 2.05) is 24.3 Å². The molecule has 0 aliphatic carbocycles. The summed E-state index contributed by atoms with van der Waals surface area (Å²) in [4.78, 5) is 11.8. The summed E-state index contributed by atoms with van der Waals surface area (Å²) in [5.41, 5.74) is 0.739. The minimum absolute atomic E-state index is 0.0195. The monoisotopic (exact) mass is 331 g/mol. The zero-order valence-corrected chi connectivity index (χ0v) is 12.1. The highest BCUT2D eigenvalue weighted by molar-refractivity contribution is 14.1. The van der Waals surface area contributed by atoms with E-state index in [0.29, 0.717) is 11.8 Å². The molecule has 0 fully saturated rings. The summed E-state index contributed by atoms with van der Waals surface area (Å²) in [7, 11) is 0. The highest BCUT2D eigenvalue weighted by Crippen LogP contribution is 2.10. The fourth-order valence-corrected chi connectivity index (χ4v) is 1.76. The molecule has 0 heterocycles. The van der Waals surface area contributed by atoms with Crippen molar-refractivity contribution >= 4 is 28.5 Å². The van der Waals surface area contributed by atoms with Gasteiger partial charge in [-0.1, -0.05) is 26.8 Å². The summed E-state index contributed by atoms with van der Waals surface area (Å²) >= 11 is 2.21. The van der Waals surface area contributed by atoms with Crippen LogP contribution in [0.1, 0.15) is 31.1 Å². The number of rotatable bonds is 4. The second-order valence-corrected chi connectivity index (χ2v) is 5.69. The zero-order chi connectivity index (χ0) is 12.1. The molecular weight excluding hydrogens is 313 g/mol. The zero-order valence-electron chi connectivity index (χ0n) is 9.96. The third kappa shape index (κ3) is 4.12. The Morgan fingerprint density at radius 1 is 1.38 bits per heavy atom. The van der Waals surface area contributed by atoms with Gasteiger partial charge >= 0.3 is 0 Å². The molecule has 0 aliphatic rings. The molecule has 0 bridgehead atoms. The predicted octanol–water partition coefficient (Wildman–Crippen LogP) is 3.31. The fraction of sp³-hybridized carbons (Fsp3) is 0.462. The molecule has 1 unspecified atom stereocenters. The van der Waals surface area contributed by atoms with Crippen LogP contribution < -0.4 is 5.32 Å². The molecule has 88 valence electrons. The maximum atomic E-state index is 11.8. The van der Waals surface area contributed by atoms with Crippen molar-refractivity contribution in [3.63, 3.8) is 0 Å². The van der Waals surface area contributed by atoms with Crippen LogP contribution in [0.4, 0.5) is 0 Å². The van der Waals surface area contributed by atoms with Crippen LogP contribution in [0.2, 0.25) is 0 Å². The van der Waals surface area contributed by atoms with Crippen molar-refractivity contribution in [1.82, 2.24) is 5.32 Å². The van der Waals surface area contributed by atoms with Crippen molar-refractivity contribution in [2.75, 3.05) is 6.54 Å². The summed E-state index contributed by atoms with van der Waals surface area (Å²) in [5.74, 6) is 1.12. The van der Waals surface area contributed by atoms with E-state index in [-0.39, 0.29) is 5.91 Å². The van der Waals surface area contributed by atoms with Crippen LogP contribution in [0.15, 0.2) is 24.3 Å². The molecule has 0 aliphatic heterocycles. The van der Waals surface area contributed by atoms with Crippen LogP contribution in [0, 0.1) is 15.4 Å². The van der Waals surface area contributed by atoms with Gasteiger partial charge in [0.05, 0.1) is 0 Å². The summed E-state index contributed by atoms with van der Waals surface area (Å²) < 4.78 is 1.09. The molecule has 1 aromatic rings. The lowest BCUT2D eigenvalue weighted by molar-refractivity contribution is 0.0945. The fourth-order valence-electron chi connectivity index (χ4n) is 1.22. The highest BCUT2D eigenvalue weighted by atomic mass is 127. The third-order valence-electron chi connectivity index (χ3n) is 2.81. The van der Waals surface area contributed by atoms with Crippen LogP contribution in [-0.4, -0.2) is 12.5 Å². The van der Waals surface area contributed by atoms with Gasteiger partial charge in [0.2, 0.25) is 0 Å². The van der Waals surface area contributed by atoms with Crippen molar-refractivity contribution in [3.05, 3.63) is 33.4 Å². The maximum absolute atomic E-state index is 11.8. The molecule has 0 saturated heterocycles. The topological polar surface area (TPSA) is 29.1 Å². The van der Waals surface area contributed by atoms with Gasteiger partial charge in [0.15, 0.2) is 0 Å². The lowest BCUT2D eigenvalue weighted by atomic mass is 9.98. The summed E-state index contributed by atoms with van der Waals surface area (Å²) in [5, 5.41) is 2.96. The predicted molar refractivity (Wildman–Crippen MR) is 75.5 cm³/mol. The normalized spacial score (nSPS) is 12.6. The maximum Gasteiger partial charge on any atom is 0.251 e. The highest BCUT2D eigenvalue weighted by Gasteiger charge is 2.10. The van der Waals surface area contributed by atoms with Crippen LogP contribution in [0.25, 0.3) is 0 Å². The molecule has 3 heteroatoms. The van der Waals surface area contributed by atoms with Gasteiger partial charge in [0, 0.05) is 15.7 Å². The first-order chi connectivity index (χ1) is 7.50. The lowest BCUT2D eigenvalue weighted by Crippen LogP contribution is -2.30. The number of benzene rings is 1. The van der Waals surface area contributed by atoms with Gasteiger partial charge in [-0.25, -0.2) is 0 Å². The number of amides is 1. The van der Waals surface area contributed by atoms with Crippen LogP contribution >= 0.6 is 22.6 Å². The van der Waals surface area contributed by atoms with Gasteiger partial charge in [-0.15, -0.1) is 0 Å². The first kappa shape index (κ1) is 13.5. The summed E-state index contributed by atoms with van der Waals surface area (Å²) in [6, 6.07) is 7.63. The lowest BCUT2D eigenvalue weighted by Gasteiger charge is -2.16. The average Bonchev–Trinajstić information content (AvgIpc) is 2.25. The average molecular weight is 331 g/mol. The van der Waals surface area contributed by atoms with E-state index in [9.17, 15) is 4.79 Å². The molecule has 1 aromatic carbocycles. The minimum Gasteiger partial charge on any atom is -0.352 e. The first-order valence-corrected chi connectivity index (χ1v) is 6.62. The standard InChI is InChI=1S/C13H18INO/c1-9(2)10(3)8-15-13(16)11-5-4-6-12(14)7-11/h4-7,9-10H,8H2,1-3H3,(H,15,16). The SMILES string of the molecule is CC(C)C(C)CNC(=O)c1cccc(I)c1. The molecule has 1 N–H and O–H groups in total. The summed E-state index contributed by atoms with van der Waals surface area (Å²) in [6.45, 7) is 7.23. The Labute approximate surface area is 111 Å². The molecular formula is C13H18INO. The third-order valence-corrected chi connectivity index (χ3v) is 3.48. The van der Waals surface area contributed by atoms with Crippen molar-refractivity contribution in [2.45, 2.75) is 20.8 Å². The molecule has 1 rings (SSSR count). The van der Waals surface area contributed by atoms with Crippen molar-refractivity contribution in [2.24, 2.45) is 11.8 Å². The van der Waals surface area contributed by atoms with Crippen molar-refractivity contribution < 1.29 is 4.79 Å². The quantitative estimate of drug-likeness (QED) is 0.843. The van der Waals surface area contributed by atoms with E-state index >= 15 is 0 Å². The van der Waals surface area contributed by atoms with E-state index in [0.717, 1.165) is 15.7 Å². The van der Waals surface area contributed by atoms with Crippen LogP contribution in [0.3, 0.4) is 0 Å². The van der Waals surface area contributed by atoms with E-state index < -0.39 is 0 Å². The molecule has 0 radical (unpaired) electrons. The Morgan fingerprint density at radius 3 is 2.62 bits per heavy atom. The Balaban J connectivity index is 2.53. The molecule has 16 heavy (non-hydrogen) atoms. The van der Waals surface area contributed by atoms with Gasteiger partial charge in [-0.05, 0) is 52.6 Å². The molecule has 2 nitrogen and oxygen atoms in total. The minimum atomic E-state index is 0.0195. The Kier molecular flexibility index (Phi) is 5.25. The molecule has 0 aromatic heterocycles. The molecule has 1 atom stereocenters. The van der Waals surface area contributed by atoms with Gasteiger partial charge in [-0.2, -0.15) is 0 Å². The van der Waals surface area contributed by atoms with Gasteiger partial charge in [0.1, 0.15) is 0 Å². The van der Waals surface area contributed by atoms with E-state index in [4.69, 9.17) is 0 Å².